The van der Waals surface area contributed by atoms with Gasteiger partial charge in [-0.2, -0.15) is 0 Å². The molecule has 0 saturated heterocycles. The molecule has 1 aliphatic carbocycles. The summed E-state index contributed by atoms with van der Waals surface area (Å²) in [6.07, 6.45) is 5.64. The van der Waals surface area contributed by atoms with Gasteiger partial charge in [-0.3, -0.25) is 9.59 Å². The molecule has 0 atom stereocenters. The lowest BCUT2D eigenvalue weighted by molar-refractivity contribution is -0.205. The zero-order chi connectivity index (χ0) is 12.7. The van der Waals surface area contributed by atoms with Crippen LogP contribution in [0.4, 0.5) is 0 Å². The molecule has 0 aliphatic heterocycles. The zero-order valence-corrected chi connectivity index (χ0v) is 10.6. The molecular formula is C12H21NO4. The van der Waals surface area contributed by atoms with Crippen LogP contribution in [0.25, 0.3) is 0 Å². The Bertz CT molecular complexity index is 261. The van der Waals surface area contributed by atoms with Crippen LogP contribution in [-0.2, 0) is 19.2 Å². The molecule has 0 heterocycles. The summed E-state index contributed by atoms with van der Waals surface area (Å²) in [5.74, 6) is -0.630. The van der Waals surface area contributed by atoms with Gasteiger partial charge in [0.15, 0.2) is 0 Å². The average molecular weight is 243 g/mol. The molecule has 0 spiro atoms. The van der Waals surface area contributed by atoms with Crippen molar-refractivity contribution in [3.8, 4) is 0 Å². The number of hydrogen-bond donors (Lipinski definition) is 0. The van der Waals surface area contributed by atoms with Crippen molar-refractivity contribution in [1.82, 2.24) is 5.06 Å². The number of hydroxylamine groups is 2. The summed E-state index contributed by atoms with van der Waals surface area (Å²) in [5, 5.41) is 1.67. The standard InChI is InChI=1S/C12H21NO4/c1-10(14)16-9-8-13(17-11(2)15)12-6-4-3-5-7-12/h12H,3-9H2,1-2H3. The van der Waals surface area contributed by atoms with Gasteiger partial charge in [0, 0.05) is 19.9 Å². The van der Waals surface area contributed by atoms with Crippen molar-refractivity contribution < 1.29 is 19.2 Å². The van der Waals surface area contributed by atoms with Crippen LogP contribution in [0.15, 0.2) is 0 Å². The number of carbonyl (C=O) groups is 2. The van der Waals surface area contributed by atoms with Crippen molar-refractivity contribution in [3.63, 3.8) is 0 Å². The first-order valence-electron chi connectivity index (χ1n) is 6.18. The molecule has 17 heavy (non-hydrogen) atoms. The first-order valence-corrected chi connectivity index (χ1v) is 6.18. The van der Waals surface area contributed by atoms with Crippen LogP contribution in [-0.4, -0.2) is 36.2 Å². The van der Waals surface area contributed by atoms with Gasteiger partial charge >= 0.3 is 11.9 Å². The second kappa shape index (κ2) is 7.27. The molecule has 0 aromatic heterocycles. The van der Waals surface area contributed by atoms with Gasteiger partial charge in [-0.05, 0) is 12.8 Å². The van der Waals surface area contributed by atoms with E-state index in [0.717, 1.165) is 25.7 Å². The quantitative estimate of drug-likeness (QED) is 0.543. The Morgan fingerprint density at radius 1 is 1.12 bits per heavy atom. The number of rotatable bonds is 5. The highest BCUT2D eigenvalue weighted by atomic mass is 16.7. The Morgan fingerprint density at radius 2 is 1.76 bits per heavy atom. The van der Waals surface area contributed by atoms with Crippen molar-refractivity contribution in [2.24, 2.45) is 0 Å². The summed E-state index contributed by atoms with van der Waals surface area (Å²) in [6, 6.07) is 0.267. The molecular weight excluding hydrogens is 222 g/mol. The Kier molecular flexibility index (Phi) is 5.97. The van der Waals surface area contributed by atoms with Gasteiger partial charge in [-0.25, -0.2) is 0 Å². The van der Waals surface area contributed by atoms with Crippen molar-refractivity contribution in [2.45, 2.75) is 52.0 Å². The van der Waals surface area contributed by atoms with E-state index >= 15 is 0 Å². The molecule has 0 N–H and O–H groups in total. The fourth-order valence-electron chi connectivity index (χ4n) is 2.12. The van der Waals surface area contributed by atoms with Gasteiger partial charge in [0.25, 0.3) is 0 Å². The third kappa shape index (κ3) is 5.68. The molecule has 0 aromatic rings. The normalized spacial score (nSPS) is 16.9. The Balaban J connectivity index is 2.40. The minimum atomic E-state index is -0.321. The Hall–Kier alpha value is -1.10. The molecule has 0 radical (unpaired) electrons. The largest absolute Gasteiger partial charge is 0.464 e. The highest BCUT2D eigenvalue weighted by molar-refractivity contribution is 5.66. The molecule has 1 aliphatic rings. The molecule has 0 unspecified atom stereocenters. The van der Waals surface area contributed by atoms with Gasteiger partial charge in [0.05, 0.1) is 6.54 Å². The zero-order valence-electron chi connectivity index (χ0n) is 10.6. The van der Waals surface area contributed by atoms with Gasteiger partial charge in [-0.15, -0.1) is 5.06 Å². The van der Waals surface area contributed by atoms with E-state index in [4.69, 9.17) is 9.57 Å². The van der Waals surface area contributed by atoms with E-state index in [2.05, 4.69) is 0 Å². The van der Waals surface area contributed by atoms with E-state index in [1.165, 1.54) is 20.3 Å². The first kappa shape index (κ1) is 14.0. The van der Waals surface area contributed by atoms with Crippen LogP contribution in [0.2, 0.25) is 0 Å². The highest BCUT2D eigenvalue weighted by Gasteiger charge is 2.23. The fourth-order valence-corrected chi connectivity index (χ4v) is 2.12. The molecule has 1 fully saturated rings. The van der Waals surface area contributed by atoms with Crippen LogP contribution in [0.3, 0.4) is 0 Å². The summed E-state index contributed by atoms with van der Waals surface area (Å²) in [6.45, 7) is 3.47. The highest BCUT2D eigenvalue weighted by Crippen LogP contribution is 2.22. The molecule has 0 aromatic carbocycles. The minimum Gasteiger partial charge on any atom is -0.464 e. The predicted octanol–water partition coefficient (Wildman–Crippen LogP) is 1.66. The van der Waals surface area contributed by atoms with E-state index < -0.39 is 0 Å². The van der Waals surface area contributed by atoms with Gasteiger partial charge in [-0.1, -0.05) is 19.3 Å². The molecule has 1 rings (SSSR count). The maximum Gasteiger partial charge on any atom is 0.322 e. The van der Waals surface area contributed by atoms with Crippen molar-refractivity contribution in [1.29, 1.82) is 0 Å². The molecule has 98 valence electrons. The van der Waals surface area contributed by atoms with Crippen LogP contribution >= 0.6 is 0 Å². The van der Waals surface area contributed by atoms with E-state index in [9.17, 15) is 9.59 Å². The molecule has 5 nitrogen and oxygen atoms in total. The first-order chi connectivity index (χ1) is 8.09. The van der Waals surface area contributed by atoms with Crippen LogP contribution in [0, 0.1) is 0 Å². The SMILES string of the molecule is CC(=O)OCCN(OC(C)=O)C1CCCCC1. The fraction of sp³-hybridized carbons (Fsp3) is 0.833. The average Bonchev–Trinajstić information content (AvgIpc) is 2.28. The lowest BCUT2D eigenvalue weighted by atomic mass is 9.95. The summed E-state index contributed by atoms with van der Waals surface area (Å²) in [4.78, 5) is 26.9. The number of esters is 1. The van der Waals surface area contributed by atoms with E-state index in [0.29, 0.717) is 6.54 Å². The molecule has 1 saturated carbocycles. The summed E-state index contributed by atoms with van der Waals surface area (Å²) in [7, 11) is 0. The second-order valence-electron chi connectivity index (χ2n) is 4.36. The summed E-state index contributed by atoms with van der Waals surface area (Å²) >= 11 is 0. The number of carbonyl (C=O) groups excluding carboxylic acids is 2. The smallest absolute Gasteiger partial charge is 0.322 e. The van der Waals surface area contributed by atoms with E-state index in [-0.39, 0.29) is 24.6 Å². The molecule has 5 heteroatoms. The number of ether oxygens (including phenoxy) is 1. The maximum atomic E-state index is 11.0. The Labute approximate surface area is 102 Å². The lowest BCUT2D eigenvalue weighted by Gasteiger charge is -2.31. The number of hydrogen-bond acceptors (Lipinski definition) is 5. The topological polar surface area (TPSA) is 55.8 Å². The maximum absolute atomic E-state index is 11.0. The van der Waals surface area contributed by atoms with Crippen molar-refractivity contribution in [2.75, 3.05) is 13.2 Å². The number of nitrogens with zero attached hydrogens (tertiary/aromatic N) is 1. The third-order valence-corrected chi connectivity index (χ3v) is 2.84. The lowest BCUT2D eigenvalue weighted by Crippen LogP contribution is -2.40. The summed E-state index contributed by atoms with van der Waals surface area (Å²) in [5.41, 5.74) is 0. The molecule has 0 bridgehead atoms. The third-order valence-electron chi connectivity index (χ3n) is 2.84. The summed E-state index contributed by atoms with van der Waals surface area (Å²) < 4.78 is 4.87. The van der Waals surface area contributed by atoms with Crippen LogP contribution in [0.5, 0.6) is 0 Å². The van der Waals surface area contributed by atoms with Crippen LogP contribution in [0.1, 0.15) is 46.0 Å². The van der Waals surface area contributed by atoms with Crippen molar-refractivity contribution >= 4 is 11.9 Å². The predicted molar refractivity (Wildman–Crippen MR) is 62.0 cm³/mol. The molecule has 0 amide bonds. The van der Waals surface area contributed by atoms with Crippen molar-refractivity contribution in [3.05, 3.63) is 0 Å². The Morgan fingerprint density at radius 3 is 2.29 bits per heavy atom. The minimum absolute atomic E-state index is 0.263. The monoisotopic (exact) mass is 243 g/mol. The van der Waals surface area contributed by atoms with Gasteiger partial charge in [0.1, 0.15) is 6.61 Å². The second-order valence-corrected chi connectivity index (χ2v) is 4.36. The van der Waals surface area contributed by atoms with Gasteiger partial charge < -0.3 is 9.57 Å². The van der Waals surface area contributed by atoms with E-state index in [1.54, 1.807) is 5.06 Å². The van der Waals surface area contributed by atoms with Crippen LogP contribution < -0.4 is 0 Å². The van der Waals surface area contributed by atoms with E-state index in [1.807, 2.05) is 0 Å². The van der Waals surface area contributed by atoms with Gasteiger partial charge in [0.2, 0.25) is 0 Å².